The van der Waals surface area contributed by atoms with Gasteiger partial charge in [0.25, 0.3) is 5.56 Å². The van der Waals surface area contributed by atoms with Gasteiger partial charge in [0.2, 0.25) is 0 Å². The summed E-state index contributed by atoms with van der Waals surface area (Å²) in [6, 6.07) is 16.4. The first-order valence-electron chi connectivity index (χ1n) is 12.1. The summed E-state index contributed by atoms with van der Waals surface area (Å²) in [6.07, 6.45) is 2.42. The van der Waals surface area contributed by atoms with Crippen LogP contribution in [0.15, 0.2) is 75.7 Å². The molecule has 0 spiro atoms. The molecule has 0 N–H and O–H groups in total. The van der Waals surface area contributed by atoms with Gasteiger partial charge in [-0.1, -0.05) is 71.8 Å². The maximum Gasteiger partial charge on any atom is 0.338 e. The number of methoxy groups -OCH3 is 1. The molecule has 2 aromatic carbocycles. The van der Waals surface area contributed by atoms with Crippen LogP contribution in [-0.2, 0) is 9.53 Å². The first kappa shape index (κ1) is 26.2. The van der Waals surface area contributed by atoms with Gasteiger partial charge >= 0.3 is 5.97 Å². The van der Waals surface area contributed by atoms with Crippen LogP contribution >= 0.6 is 34.5 Å². The number of nitrogens with zero attached hydrogens (tertiary/aromatic N) is 3. The summed E-state index contributed by atoms with van der Waals surface area (Å²) in [5, 5.41) is 0.963. The number of fused-ring (bicyclic) bond motifs is 1. The van der Waals surface area contributed by atoms with Crippen LogP contribution in [0.25, 0.3) is 11.8 Å². The second-order valence-corrected chi connectivity index (χ2v) is 10.8. The highest BCUT2D eigenvalue weighted by atomic mass is 35.5. The van der Waals surface area contributed by atoms with Gasteiger partial charge in [-0.15, -0.1) is 0 Å². The van der Waals surface area contributed by atoms with Crippen LogP contribution in [0.4, 0.5) is 0 Å². The van der Waals surface area contributed by atoms with Gasteiger partial charge in [0.05, 0.1) is 39.0 Å². The molecule has 4 aromatic rings. The number of aromatic nitrogens is 2. The van der Waals surface area contributed by atoms with E-state index in [0.29, 0.717) is 37.1 Å². The SMILES string of the molecule is CCC1=C(C(=O)OC)[C@H](c2ccccc2)n2c(s/c(=C/c3cc(C)n(-c4ccc(Cl)c(Cl)c4)c3C)c2=O)=N1. The maximum absolute atomic E-state index is 13.9. The summed E-state index contributed by atoms with van der Waals surface area (Å²) in [7, 11) is 1.35. The van der Waals surface area contributed by atoms with Crippen LogP contribution in [0.1, 0.15) is 41.9 Å². The van der Waals surface area contributed by atoms with Crippen molar-refractivity contribution in [2.24, 2.45) is 4.99 Å². The third-order valence-electron chi connectivity index (χ3n) is 6.68. The van der Waals surface area contributed by atoms with Crippen LogP contribution in [-0.4, -0.2) is 22.2 Å². The Balaban J connectivity index is 1.71. The molecular weight excluding hydrogens is 541 g/mol. The van der Waals surface area contributed by atoms with E-state index in [1.54, 1.807) is 10.6 Å². The second-order valence-electron chi connectivity index (χ2n) is 8.96. The lowest BCUT2D eigenvalue weighted by Gasteiger charge is -2.25. The highest BCUT2D eigenvalue weighted by molar-refractivity contribution is 7.07. The molecule has 9 heteroatoms. The van der Waals surface area contributed by atoms with Crippen molar-refractivity contribution in [2.75, 3.05) is 7.11 Å². The summed E-state index contributed by atoms with van der Waals surface area (Å²) >= 11 is 13.7. The lowest BCUT2D eigenvalue weighted by Crippen LogP contribution is -2.40. The van der Waals surface area contributed by atoms with Crippen molar-refractivity contribution < 1.29 is 9.53 Å². The normalized spacial score (nSPS) is 15.4. The van der Waals surface area contributed by atoms with E-state index < -0.39 is 12.0 Å². The van der Waals surface area contributed by atoms with Gasteiger partial charge in [-0.05, 0) is 61.7 Å². The lowest BCUT2D eigenvalue weighted by atomic mass is 9.95. The summed E-state index contributed by atoms with van der Waals surface area (Å²) in [6.45, 7) is 5.94. The lowest BCUT2D eigenvalue weighted by molar-refractivity contribution is -0.136. The zero-order chi connectivity index (χ0) is 27.1. The van der Waals surface area contributed by atoms with Gasteiger partial charge in [0, 0.05) is 17.1 Å². The Labute approximate surface area is 233 Å². The number of carbonyl (C=O) groups excluding carboxylic acids is 1. The number of carbonyl (C=O) groups is 1. The fourth-order valence-electron chi connectivity index (χ4n) is 4.91. The largest absolute Gasteiger partial charge is 0.466 e. The summed E-state index contributed by atoms with van der Waals surface area (Å²) in [5.41, 5.74) is 5.35. The molecule has 38 heavy (non-hydrogen) atoms. The minimum absolute atomic E-state index is 0.210. The Bertz CT molecular complexity index is 1780. The molecule has 194 valence electrons. The smallest absolute Gasteiger partial charge is 0.338 e. The Morgan fingerprint density at radius 2 is 1.84 bits per heavy atom. The molecular formula is C29H25Cl2N3O3S. The van der Waals surface area contributed by atoms with Crippen molar-refractivity contribution in [3.8, 4) is 5.69 Å². The first-order chi connectivity index (χ1) is 18.2. The van der Waals surface area contributed by atoms with E-state index in [9.17, 15) is 9.59 Å². The number of rotatable bonds is 5. The molecule has 2 aromatic heterocycles. The number of aryl methyl sites for hydroxylation is 1. The second kappa shape index (κ2) is 10.4. The van der Waals surface area contributed by atoms with Crippen LogP contribution < -0.4 is 14.9 Å². The summed E-state index contributed by atoms with van der Waals surface area (Å²) in [4.78, 5) is 32.1. The maximum atomic E-state index is 13.9. The fourth-order valence-corrected chi connectivity index (χ4v) is 6.21. The van der Waals surface area contributed by atoms with Crippen molar-refractivity contribution in [1.29, 1.82) is 0 Å². The standard InChI is InChI=1S/C29H25Cl2N3O3S/c1-5-23-25(28(36)37-4)26(18-9-7-6-8-10-18)34-27(35)24(38-29(34)32-23)14-19-13-16(2)33(17(19)3)20-11-12-21(30)22(31)15-20/h6-15,26H,5H2,1-4H3/b24-14+/t26-/m0/s1. The predicted molar refractivity (Wildman–Crippen MR) is 152 cm³/mol. The molecule has 0 saturated carbocycles. The Hall–Kier alpha value is -3.39. The molecule has 0 bridgehead atoms. The van der Waals surface area contributed by atoms with Gasteiger partial charge in [0.15, 0.2) is 4.80 Å². The quantitative estimate of drug-likeness (QED) is 0.299. The van der Waals surface area contributed by atoms with Gasteiger partial charge < -0.3 is 9.30 Å². The molecule has 0 saturated heterocycles. The van der Waals surface area contributed by atoms with Crippen molar-refractivity contribution in [2.45, 2.75) is 33.2 Å². The van der Waals surface area contributed by atoms with Crippen LogP contribution in [0, 0.1) is 13.8 Å². The van der Waals surface area contributed by atoms with Crippen molar-refractivity contribution in [3.05, 3.63) is 118 Å². The number of ether oxygens (including phenoxy) is 1. The topological polar surface area (TPSA) is 65.6 Å². The van der Waals surface area contributed by atoms with Gasteiger partial charge in [0.1, 0.15) is 0 Å². The Morgan fingerprint density at radius 1 is 1.11 bits per heavy atom. The van der Waals surface area contributed by atoms with E-state index in [1.165, 1.54) is 18.4 Å². The van der Waals surface area contributed by atoms with E-state index >= 15 is 0 Å². The fraction of sp³-hybridized carbons (Fsp3) is 0.207. The number of allylic oxidation sites excluding steroid dienone is 1. The number of thiazole rings is 1. The Kier molecular flexibility index (Phi) is 7.18. The molecule has 0 unspecified atom stereocenters. The predicted octanol–water partition coefficient (Wildman–Crippen LogP) is 5.51. The third kappa shape index (κ3) is 4.45. The number of hydrogen-bond donors (Lipinski definition) is 0. The minimum atomic E-state index is -0.624. The molecule has 1 atom stereocenters. The highest BCUT2D eigenvalue weighted by Gasteiger charge is 2.33. The molecule has 5 rings (SSSR count). The van der Waals surface area contributed by atoms with Gasteiger partial charge in [-0.2, -0.15) is 0 Å². The molecule has 1 aliphatic rings. The van der Waals surface area contributed by atoms with E-state index in [1.807, 2.05) is 75.4 Å². The van der Waals surface area contributed by atoms with Crippen LogP contribution in [0.3, 0.4) is 0 Å². The van der Waals surface area contributed by atoms with E-state index in [0.717, 1.165) is 28.2 Å². The molecule has 3 heterocycles. The molecule has 0 fully saturated rings. The van der Waals surface area contributed by atoms with Crippen molar-refractivity contribution >= 4 is 46.6 Å². The third-order valence-corrected chi connectivity index (χ3v) is 8.41. The monoisotopic (exact) mass is 565 g/mol. The van der Waals surface area contributed by atoms with Crippen molar-refractivity contribution in [3.63, 3.8) is 0 Å². The number of halogens is 2. The molecule has 6 nitrogen and oxygen atoms in total. The average molecular weight is 567 g/mol. The molecule has 0 amide bonds. The van der Waals surface area contributed by atoms with Gasteiger partial charge in [-0.25, -0.2) is 9.79 Å². The minimum Gasteiger partial charge on any atom is -0.466 e. The molecule has 1 aliphatic heterocycles. The van der Waals surface area contributed by atoms with Gasteiger partial charge in [-0.3, -0.25) is 9.36 Å². The first-order valence-corrected chi connectivity index (χ1v) is 13.6. The molecule has 0 aliphatic carbocycles. The zero-order valence-corrected chi connectivity index (χ0v) is 23.6. The highest BCUT2D eigenvalue weighted by Crippen LogP contribution is 2.32. The number of esters is 1. The van der Waals surface area contributed by atoms with E-state index in [-0.39, 0.29) is 5.56 Å². The molecule has 0 radical (unpaired) electrons. The van der Waals surface area contributed by atoms with Crippen molar-refractivity contribution in [1.82, 2.24) is 9.13 Å². The van der Waals surface area contributed by atoms with E-state index in [4.69, 9.17) is 32.9 Å². The summed E-state index contributed by atoms with van der Waals surface area (Å²) < 4.78 is 9.33. The average Bonchev–Trinajstić information content (AvgIpc) is 3.38. The van der Waals surface area contributed by atoms with E-state index in [2.05, 4.69) is 4.57 Å². The number of benzene rings is 2. The summed E-state index contributed by atoms with van der Waals surface area (Å²) in [5.74, 6) is -0.487. The number of hydrogen-bond acceptors (Lipinski definition) is 5. The van der Waals surface area contributed by atoms with Crippen LogP contribution in [0.2, 0.25) is 10.0 Å². The zero-order valence-electron chi connectivity index (χ0n) is 21.3. The van der Waals surface area contributed by atoms with Crippen LogP contribution in [0.5, 0.6) is 0 Å². The Morgan fingerprint density at radius 3 is 2.50 bits per heavy atom.